The fourth-order valence-corrected chi connectivity index (χ4v) is 4.71. The van der Waals surface area contributed by atoms with E-state index in [9.17, 15) is 31.1 Å². The monoisotopic (exact) mass is 550 g/mol. The van der Waals surface area contributed by atoms with Crippen LogP contribution in [0.3, 0.4) is 0 Å². The minimum absolute atomic E-state index is 0.0376. The summed E-state index contributed by atoms with van der Waals surface area (Å²) in [6.07, 6.45) is -9.20. The van der Waals surface area contributed by atoms with Crippen molar-refractivity contribution in [3.05, 3.63) is 88.5 Å². The summed E-state index contributed by atoms with van der Waals surface area (Å²) < 4.78 is 86.7. The Balaban J connectivity index is 1.46. The third kappa shape index (κ3) is 5.33. The molecule has 3 aromatic carbocycles. The van der Waals surface area contributed by atoms with Gasteiger partial charge in [0.2, 0.25) is 0 Å². The Morgan fingerprint density at radius 2 is 1.54 bits per heavy atom. The van der Waals surface area contributed by atoms with E-state index in [-0.39, 0.29) is 35.5 Å². The van der Waals surface area contributed by atoms with Crippen molar-refractivity contribution in [2.45, 2.75) is 44.1 Å². The molecule has 39 heavy (non-hydrogen) atoms. The summed E-state index contributed by atoms with van der Waals surface area (Å²) in [6, 6.07) is 13.0. The van der Waals surface area contributed by atoms with Crippen molar-refractivity contribution in [3.63, 3.8) is 0 Å². The van der Waals surface area contributed by atoms with Crippen molar-refractivity contribution < 1.29 is 35.9 Å². The molecule has 0 bridgehead atoms. The molecule has 6 nitrogen and oxygen atoms in total. The van der Waals surface area contributed by atoms with Gasteiger partial charge in [-0.2, -0.15) is 26.3 Å². The Bertz CT molecular complexity index is 1430. The number of hydrogen-bond acceptors (Lipinski definition) is 5. The lowest BCUT2D eigenvalue weighted by molar-refractivity contribution is -0.139. The van der Waals surface area contributed by atoms with Crippen molar-refractivity contribution in [3.8, 4) is 0 Å². The number of alkyl halides is 6. The average Bonchev–Trinajstić information content (AvgIpc) is 3.55. The fourth-order valence-electron chi connectivity index (χ4n) is 4.71. The minimum Gasteiger partial charge on any atom is -0.362 e. The van der Waals surface area contributed by atoms with Gasteiger partial charge in [-0.05, 0) is 43.7 Å². The number of epoxide rings is 1. The van der Waals surface area contributed by atoms with E-state index < -0.39 is 40.8 Å². The number of amides is 1. The number of carbonyl (C=O) groups is 1. The summed E-state index contributed by atoms with van der Waals surface area (Å²) in [5.74, 6) is -0.666. The van der Waals surface area contributed by atoms with Crippen LogP contribution in [0.1, 0.15) is 46.5 Å². The Morgan fingerprint density at radius 1 is 0.923 bits per heavy atom. The number of hydrogen-bond donors (Lipinski definition) is 4. The molecule has 12 heteroatoms. The first-order valence-electron chi connectivity index (χ1n) is 12.0. The van der Waals surface area contributed by atoms with Gasteiger partial charge in [0.1, 0.15) is 12.3 Å². The predicted molar refractivity (Wildman–Crippen MR) is 133 cm³/mol. The fraction of sp³-hybridized carbons (Fsp3) is 0.296. The second-order valence-corrected chi connectivity index (χ2v) is 9.94. The van der Waals surface area contributed by atoms with Gasteiger partial charge in [-0.25, -0.2) is 0 Å². The van der Waals surface area contributed by atoms with Crippen LogP contribution in [0.4, 0.5) is 43.4 Å². The van der Waals surface area contributed by atoms with Crippen LogP contribution < -0.4 is 21.3 Å². The van der Waals surface area contributed by atoms with Crippen molar-refractivity contribution in [1.29, 1.82) is 0 Å². The molecule has 0 aliphatic carbocycles. The van der Waals surface area contributed by atoms with E-state index in [2.05, 4.69) is 21.3 Å². The normalized spacial score (nSPS) is 19.5. The minimum atomic E-state index is -4.61. The topological polar surface area (TPSA) is 77.7 Å². The zero-order valence-corrected chi connectivity index (χ0v) is 20.8. The third-order valence-corrected chi connectivity index (χ3v) is 6.48. The molecule has 1 unspecified atom stereocenters. The lowest BCUT2D eigenvalue weighted by Crippen LogP contribution is -2.34. The number of anilines is 3. The highest BCUT2D eigenvalue weighted by Gasteiger charge is 2.51. The van der Waals surface area contributed by atoms with Crippen molar-refractivity contribution in [2.75, 3.05) is 22.6 Å². The molecule has 2 heterocycles. The molecule has 0 saturated carbocycles. The first kappa shape index (κ1) is 26.7. The molecule has 1 fully saturated rings. The van der Waals surface area contributed by atoms with E-state index in [0.29, 0.717) is 11.4 Å². The van der Waals surface area contributed by atoms with Gasteiger partial charge < -0.3 is 26.0 Å². The molecule has 0 aromatic heterocycles. The molecule has 4 N–H and O–H groups in total. The van der Waals surface area contributed by atoms with Crippen LogP contribution in [0.25, 0.3) is 0 Å². The van der Waals surface area contributed by atoms with Gasteiger partial charge in [-0.3, -0.25) is 4.79 Å². The van der Waals surface area contributed by atoms with Crippen molar-refractivity contribution in [1.82, 2.24) is 5.32 Å². The molecule has 0 spiro atoms. The maximum absolute atomic E-state index is 13.7. The van der Waals surface area contributed by atoms with Gasteiger partial charge in [0.05, 0.1) is 28.1 Å². The predicted octanol–water partition coefficient (Wildman–Crippen LogP) is 6.52. The smallest absolute Gasteiger partial charge is 0.362 e. The number of nitrogens with one attached hydrogen (secondary N) is 4. The number of halogens is 6. The summed E-state index contributed by atoms with van der Waals surface area (Å²) in [5.41, 5.74) is -2.75. The zero-order valence-electron chi connectivity index (χ0n) is 20.8. The average molecular weight is 551 g/mol. The highest BCUT2D eigenvalue weighted by atomic mass is 19.4. The molecule has 5 rings (SSSR count). The first-order chi connectivity index (χ1) is 18.2. The molecule has 1 amide bonds. The number of fused-ring (bicyclic) bond motifs is 1. The summed E-state index contributed by atoms with van der Waals surface area (Å²) >= 11 is 0. The van der Waals surface area contributed by atoms with Gasteiger partial charge >= 0.3 is 12.4 Å². The highest BCUT2D eigenvalue weighted by molar-refractivity contribution is 6.05. The number of rotatable bonds is 6. The molecular formula is C27H24F6N4O2. The van der Waals surface area contributed by atoms with Crippen LogP contribution in [0, 0.1) is 0 Å². The Labute approximate surface area is 219 Å². The van der Waals surface area contributed by atoms with E-state index >= 15 is 0 Å². The van der Waals surface area contributed by atoms with Crippen LogP contribution in [0.2, 0.25) is 0 Å². The molecule has 0 radical (unpaired) electrons. The van der Waals surface area contributed by atoms with Crippen LogP contribution >= 0.6 is 0 Å². The maximum Gasteiger partial charge on any atom is 0.416 e. The quantitative estimate of drug-likeness (QED) is 0.208. The lowest BCUT2D eigenvalue weighted by Gasteiger charge is -2.21. The summed E-state index contributed by atoms with van der Waals surface area (Å²) in [7, 11) is 0. The Kier molecular flexibility index (Phi) is 6.21. The van der Waals surface area contributed by atoms with Gasteiger partial charge in [0.25, 0.3) is 5.91 Å². The van der Waals surface area contributed by atoms with Crippen LogP contribution in [0.5, 0.6) is 0 Å². The molecule has 3 aromatic rings. The van der Waals surface area contributed by atoms with Gasteiger partial charge in [0, 0.05) is 17.8 Å². The van der Waals surface area contributed by atoms with E-state index in [1.54, 1.807) is 6.07 Å². The maximum atomic E-state index is 13.7. The summed E-state index contributed by atoms with van der Waals surface area (Å²) in [6.45, 7) is 3.20. The second-order valence-electron chi connectivity index (χ2n) is 9.94. The lowest BCUT2D eigenvalue weighted by atomic mass is 9.99. The number of benzene rings is 3. The van der Waals surface area contributed by atoms with Gasteiger partial charge in [-0.1, -0.05) is 36.4 Å². The SMILES string of the molecule is CC1(C)Nc2cc(NC3(c4ccccc4C(F)(F)F)CO3)cc(C(=O)NCc3ccccc3C(F)(F)F)c2N1. The molecular weight excluding hydrogens is 526 g/mol. The van der Waals surface area contributed by atoms with Gasteiger partial charge in [-0.15, -0.1) is 0 Å². The summed E-state index contributed by atoms with van der Waals surface area (Å²) in [4.78, 5) is 13.3. The number of carbonyl (C=O) groups excluding carboxylic acids is 1. The molecule has 1 atom stereocenters. The molecule has 206 valence electrons. The van der Waals surface area contributed by atoms with E-state index in [4.69, 9.17) is 4.74 Å². The molecule has 2 aliphatic heterocycles. The largest absolute Gasteiger partial charge is 0.416 e. The van der Waals surface area contributed by atoms with Gasteiger partial charge in [0.15, 0.2) is 5.72 Å². The van der Waals surface area contributed by atoms with Crippen LogP contribution in [0.15, 0.2) is 60.7 Å². The Morgan fingerprint density at radius 3 is 2.18 bits per heavy atom. The Hall–Kier alpha value is -3.93. The summed E-state index contributed by atoms with van der Waals surface area (Å²) in [5, 5.41) is 11.9. The molecule has 2 aliphatic rings. The number of ether oxygens (including phenoxy) is 1. The van der Waals surface area contributed by atoms with E-state index in [1.165, 1.54) is 42.5 Å². The third-order valence-electron chi connectivity index (χ3n) is 6.48. The second kappa shape index (κ2) is 9.08. The standard InChI is InChI=1S/C27H24F6N4O2/c1-24(2)36-21-12-16(35-25(14-39-25)19-9-5-6-10-20(19)27(31,32)33)11-17(22(21)37-24)23(38)34-13-15-7-3-4-8-18(15)26(28,29)30/h3-12,35-37H,13-14H2,1-2H3,(H,34,38). The zero-order chi connectivity index (χ0) is 28.2. The van der Waals surface area contributed by atoms with Crippen LogP contribution in [-0.2, 0) is 29.4 Å². The highest BCUT2D eigenvalue weighted by Crippen LogP contribution is 2.47. The van der Waals surface area contributed by atoms with E-state index in [1.807, 2.05) is 13.8 Å². The van der Waals surface area contributed by atoms with E-state index in [0.717, 1.165) is 12.1 Å². The van der Waals surface area contributed by atoms with Crippen LogP contribution in [-0.4, -0.2) is 18.2 Å². The van der Waals surface area contributed by atoms with Crippen molar-refractivity contribution >= 4 is 23.0 Å². The van der Waals surface area contributed by atoms with Crippen molar-refractivity contribution in [2.24, 2.45) is 0 Å². The first-order valence-corrected chi connectivity index (χ1v) is 12.0. The molecule has 1 saturated heterocycles.